The van der Waals surface area contributed by atoms with Crippen LogP contribution >= 0.6 is 0 Å². The number of rotatable bonds is 4. The van der Waals surface area contributed by atoms with Gasteiger partial charge in [-0.3, -0.25) is 9.59 Å². The number of ether oxygens (including phenoxy) is 1. The van der Waals surface area contributed by atoms with Gasteiger partial charge < -0.3 is 9.57 Å². The molecule has 1 heterocycles. The van der Waals surface area contributed by atoms with Crippen LogP contribution in [-0.2, 0) is 24.0 Å². The Bertz CT molecular complexity index is 402. The van der Waals surface area contributed by atoms with E-state index in [-0.39, 0.29) is 25.6 Å². The highest BCUT2D eigenvalue weighted by atomic mass is 16.7. The molecule has 0 spiro atoms. The van der Waals surface area contributed by atoms with Crippen LogP contribution in [0.4, 0.5) is 0 Å². The molecule has 1 aliphatic carbocycles. The number of nitrogens with zero attached hydrogens (tertiary/aromatic N) is 1. The van der Waals surface area contributed by atoms with E-state index in [0.717, 1.165) is 32.1 Å². The average Bonchev–Trinajstić information content (AvgIpc) is 2.69. The zero-order chi connectivity index (χ0) is 14.4. The third kappa shape index (κ3) is 4.16. The van der Waals surface area contributed by atoms with Crippen molar-refractivity contribution in [2.75, 3.05) is 6.61 Å². The van der Waals surface area contributed by atoms with Crippen LogP contribution < -0.4 is 0 Å². The summed E-state index contributed by atoms with van der Waals surface area (Å²) in [7, 11) is 0. The second-order valence-electron chi connectivity index (χ2n) is 4.97. The number of imide groups is 1. The lowest BCUT2D eigenvalue weighted by Crippen LogP contribution is -2.34. The van der Waals surface area contributed by atoms with Gasteiger partial charge in [0.1, 0.15) is 6.61 Å². The molecular weight excluding hydrogens is 262 g/mol. The maximum Gasteiger partial charge on any atom is 0.358 e. The van der Waals surface area contributed by atoms with Crippen LogP contribution in [0.5, 0.6) is 0 Å². The van der Waals surface area contributed by atoms with Gasteiger partial charge in [-0.1, -0.05) is 18.6 Å². The standard InChI is InChI=1S/C14H19NO5/c16-12-8-9-13(17)15(12)20-14(18)10-19-11-6-4-2-1-3-5-7-11/h2,4,11H,1,3,5-10H2/b4-2-. The number of hydrogen-bond acceptors (Lipinski definition) is 5. The van der Waals surface area contributed by atoms with Crippen molar-refractivity contribution in [2.24, 2.45) is 0 Å². The smallest absolute Gasteiger partial charge is 0.358 e. The largest absolute Gasteiger partial charge is 0.366 e. The Morgan fingerprint density at radius 1 is 1.20 bits per heavy atom. The predicted molar refractivity (Wildman–Crippen MR) is 69.1 cm³/mol. The fraction of sp³-hybridized carbons (Fsp3) is 0.643. The molecule has 1 aliphatic heterocycles. The first kappa shape index (κ1) is 14.7. The van der Waals surface area contributed by atoms with Gasteiger partial charge in [-0.15, -0.1) is 5.06 Å². The van der Waals surface area contributed by atoms with Gasteiger partial charge in [0.15, 0.2) is 0 Å². The molecule has 1 fully saturated rings. The summed E-state index contributed by atoms with van der Waals surface area (Å²) in [5.74, 6) is -1.66. The van der Waals surface area contributed by atoms with Crippen molar-refractivity contribution in [3.63, 3.8) is 0 Å². The maximum atomic E-state index is 11.6. The molecule has 0 aromatic heterocycles. The minimum absolute atomic E-state index is 0.0101. The Balaban J connectivity index is 1.74. The van der Waals surface area contributed by atoms with Crippen LogP contribution in [-0.4, -0.2) is 35.6 Å². The molecule has 2 aliphatic rings. The summed E-state index contributed by atoms with van der Waals surface area (Å²) in [5, 5.41) is 0.545. The number of hydroxylamine groups is 2. The summed E-state index contributed by atoms with van der Waals surface area (Å²) in [6.07, 6.45) is 9.31. The highest BCUT2D eigenvalue weighted by Crippen LogP contribution is 2.16. The van der Waals surface area contributed by atoms with Gasteiger partial charge in [-0.25, -0.2) is 4.79 Å². The highest BCUT2D eigenvalue weighted by molar-refractivity contribution is 6.01. The number of carbonyl (C=O) groups is 3. The van der Waals surface area contributed by atoms with Crippen LogP contribution in [0.1, 0.15) is 44.9 Å². The third-order valence-electron chi connectivity index (χ3n) is 3.35. The van der Waals surface area contributed by atoms with Crippen molar-refractivity contribution < 1.29 is 24.0 Å². The van der Waals surface area contributed by atoms with Crippen LogP contribution in [0.2, 0.25) is 0 Å². The lowest BCUT2D eigenvalue weighted by molar-refractivity contribution is -0.201. The van der Waals surface area contributed by atoms with Gasteiger partial charge in [0, 0.05) is 12.8 Å². The molecule has 6 nitrogen and oxygen atoms in total. The van der Waals surface area contributed by atoms with Crippen molar-refractivity contribution in [1.29, 1.82) is 0 Å². The molecular formula is C14H19NO5. The van der Waals surface area contributed by atoms with E-state index >= 15 is 0 Å². The molecule has 0 aromatic rings. The third-order valence-corrected chi connectivity index (χ3v) is 3.35. The lowest BCUT2D eigenvalue weighted by Gasteiger charge is -2.18. The molecule has 0 radical (unpaired) electrons. The summed E-state index contributed by atoms with van der Waals surface area (Å²) in [4.78, 5) is 38.9. The minimum Gasteiger partial charge on any atom is -0.366 e. The number of allylic oxidation sites excluding steroid dienone is 1. The Labute approximate surface area is 117 Å². The monoisotopic (exact) mass is 281 g/mol. The SMILES string of the molecule is O=C(COC1C/C=C\CCCC1)ON1C(=O)CCC1=O. The summed E-state index contributed by atoms with van der Waals surface area (Å²) in [5.41, 5.74) is 0. The minimum atomic E-state index is -0.709. The predicted octanol–water partition coefficient (Wildman–Crippen LogP) is 1.50. The van der Waals surface area contributed by atoms with E-state index in [0.29, 0.717) is 5.06 Å². The molecule has 110 valence electrons. The summed E-state index contributed by atoms with van der Waals surface area (Å²) in [6, 6.07) is 0. The summed E-state index contributed by atoms with van der Waals surface area (Å²) in [6.45, 7) is -0.241. The van der Waals surface area contributed by atoms with E-state index in [1.54, 1.807) is 0 Å². The molecule has 2 amide bonds. The van der Waals surface area contributed by atoms with Gasteiger partial charge in [-0.05, 0) is 25.7 Å². The van der Waals surface area contributed by atoms with Crippen molar-refractivity contribution in [3.8, 4) is 0 Å². The molecule has 2 rings (SSSR count). The second-order valence-corrected chi connectivity index (χ2v) is 4.97. The fourth-order valence-corrected chi connectivity index (χ4v) is 2.24. The van der Waals surface area contributed by atoms with Crippen molar-refractivity contribution in [3.05, 3.63) is 12.2 Å². The van der Waals surface area contributed by atoms with Crippen LogP contribution in [0.3, 0.4) is 0 Å². The molecule has 20 heavy (non-hydrogen) atoms. The quantitative estimate of drug-likeness (QED) is 0.576. The van der Waals surface area contributed by atoms with Crippen LogP contribution in [0.15, 0.2) is 12.2 Å². The molecule has 0 N–H and O–H groups in total. The molecule has 1 unspecified atom stereocenters. The van der Waals surface area contributed by atoms with E-state index in [9.17, 15) is 14.4 Å². The van der Waals surface area contributed by atoms with Gasteiger partial charge in [0.25, 0.3) is 11.8 Å². The molecule has 1 saturated heterocycles. The maximum absolute atomic E-state index is 11.6. The van der Waals surface area contributed by atoms with E-state index < -0.39 is 17.8 Å². The van der Waals surface area contributed by atoms with E-state index in [2.05, 4.69) is 12.2 Å². The Morgan fingerprint density at radius 3 is 2.70 bits per heavy atom. The normalized spacial score (nSPS) is 25.2. The Morgan fingerprint density at radius 2 is 1.95 bits per heavy atom. The van der Waals surface area contributed by atoms with Gasteiger partial charge in [0.2, 0.25) is 0 Å². The zero-order valence-electron chi connectivity index (χ0n) is 11.4. The van der Waals surface area contributed by atoms with Gasteiger partial charge in [-0.2, -0.15) is 0 Å². The zero-order valence-corrected chi connectivity index (χ0v) is 11.4. The van der Waals surface area contributed by atoms with E-state index in [1.165, 1.54) is 0 Å². The Kier molecular flexibility index (Phi) is 5.29. The summed E-state index contributed by atoms with van der Waals surface area (Å²) >= 11 is 0. The fourth-order valence-electron chi connectivity index (χ4n) is 2.24. The van der Waals surface area contributed by atoms with Crippen molar-refractivity contribution >= 4 is 17.8 Å². The average molecular weight is 281 g/mol. The molecule has 6 heteroatoms. The second kappa shape index (κ2) is 7.19. The first-order valence-corrected chi connectivity index (χ1v) is 7.00. The molecule has 0 aromatic carbocycles. The van der Waals surface area contributed by atoms with Crippen molar-refractivity contribution in [2.45, 2.75) is 51.0 Å². The molecule has 0 bridgehead atoms. The lowest BCUT2D eigenvalue weighted by atomic mass is 10.0. The van der Waals surface area contributed by atoms with E-state index in [4.69, 9.17) is 9.57 Å². The van der Waals surface area contributed by atoms with Gasteiger partial charge >= 0.3 is 5.97 Å². The van der Waals surface area contributed by atoms with Gasteiger partial charge in [0.05, 0.1) is 6.10 Å². The van der Waals surface area contributed by atoms with Crippen molar-refractivity contribution in [1.82, 2.24) is 5.06 Å². The highest BCUT2D eigenvalue weighted by Gasteiger charge is 2.32. The number of amides is 2. The first-order valence-electron chi connectivity index (χ1n) is 7.00. The Hall–Kier alpha value is -1.69. The molecule has 0 saturated carbocycles. The van der Waals surface area contributed by atoms with Crippen LogP contribution in [0, 0.1) is 0 Å². The van der Waals surface area contributed by atoms with E-state index in [1.807, 2.05) is 0 Å². The number of hydrogen-bond donors (Lipinski definition) is 0. The first-order chi connectivity index (χ1) is 9.66. The number of carbonyl (C=O) groups excluding carboxylic acids is 3. The topological polar surface area (TPSA) is 72.9 Å². The molecule has 1 atom stereocenters. The van der Waals surface area contributed by atoms with Crippen LogP contribution in [0.25, 0.3) is 0 Å². The summed E-state index contributed by atoms with van der Waals surface area (Å²) < 4.78 is 5.49.